The van der Waals surface area contributed by atoms with E-state index in [1.54, 1.807) is 41.1 Å². The first-order chi connectivity index (χ1) is 16.9. The maximum absolute atomic E-state index is 13.0. The molecular weight excluding hydrogens is 456 g/mol. The number of pyridine rings is 2. The monoisotopic (exact) mass is 481 g/mol. The number of aliphatic hydroxyl groups excluding tert-OH is 2. The molecule has 3 aromatic heterocycles. The standard InChI is InChI=1S/C25H25F2N5O3/c26-24(27)13-35-23-10-15(20-5-4-19(28)21(31-20)8-14-6-17(34)7-14)9-22-18(23)11-29-32(22)25-3-1-2-16(12-33)30-25/h1-5,9-11,14,17,24,33-34H,6-8,12-13,28H2. The number of hydrogen-bond acceptors (Lipinski definition) is 7. The van der Waals surface area contributed by atoms with E-state index >= 15 is 0 Å². The van der Waals surface area contributed by atoms with Gasteiger partial charge in [-0.2, -0.15) is 5.10 Å². The van der Waals surface area contributed by atoms with Crippen molar-refractivity contribution >= 4 is 16.6 Å². The van der Waals surface area contributed by atoms with Crippen molar-refractivity contribution in [1.82, 2.24) is 19.7 Å². The first-order valence-corrected chi connectivity index (χ1v) is 11.3. The molecule has 10 heteroatoms. The summed E-state index contributed by atoms with van der Waals surface area (Å²) >= 11 is 0. The van der Waals surface area contributed by atoms with Gasteiger partial charge in [-0.15, -0.1) is 0 Å². The molecule has 0 bridgehead atoms. The Morgan fingerprint density at radius 3 is 2.71 bits per heavy atom. The van der Waals surface area contributed by atoms with Gasteiger partial charge in [0.25, 0.3) is 6.43 Å². The van der Waals surface area contributed by atoms with Crippen LogP contribution in [0.5, 0.6) is 5.75 Å². The van der Waals surface area contributed by atoms with E-state index in [0.717, 1.165) is 18.5 Å². The lowest BCUT2D eigenvalue weighted by molar-refractivity contribution is 0.0429. The van der Waals surface area contributed by atoms with E-state index in [0.29, 0.717) is 51.7 Å². The van der Waals surface area contributed by atoms with E-state index in [2.05, 4.69) is 10.1 Å². The average Bonchev–Trinajstić information content (AvgIpc) is 3.27. The molecule has 1 fully saturated rings. The number of aromatic nitrogens is 4. The third kappa shape index (κ3) is 4.80. The number of ether oxygens (including phenoxy) is 1. The van der Waals surface area contributed by atoms with Gasteiger partial charge in [0, 0.05) is 5.56 Å². The van der Waals surface area contributed by atoms with Gasteiger partial charge < -0.3 is 20.7 Å². The van der Waals surface area contributed by atoms with Crippen LogP contribution in [-0.4, -0.2) is 49.1 Å². The molecule has 35 heavy (non-hydrogen) atoms. The van der Waals surface area contributed by atoms with Crippen molar-refractivity contribution in [3.8, 4) is 22.8 Å². The number of aliphatic hydroxyl groups is 2. The van der Waals surface area contributed by atoms with Gasteiger partial charge in [-0.25, -0.2) is 18.4 Å². The molecule has 8 nitrogen and oxygen atoms in total. The summed E-state index contributed by atoms with van der Waals surface area (Å²) in [6.07, 6.45) is 0.746. The second kappa shape index (κ2) is 9.55. The molecule has 5 rings (SSSR count). The number of nitrogens with two attached hydrogens (primary N) is 1. The fourth-order valence-corrected chi connectivity index (χ4v) is 4.35. The minimum absolute atomic E-state index is 0.225. The van der Waals surface area contributed by atoms with E-state index in [1.165, 1.54) is 6.20 Å². The van der Waals surface area contributed by atoms with E-state index in [-0.39, 0.29) is 18.5 Å². The molecule has 4 aromatic rings. The van der Waals surface area contributed by atoms with E-state index in [1.807, 2.05) is 6.07 Å². The van der Waals surface area contributed by atoms with Gasteiger partial charge in [0.2, 0.25) is 0 Å². The highest BCUT2D eigenvalue weighted by atomic mass is 19.3. The fourth-order valence-electron chi connectivity index (χ4n) is 4.35. The summed E-state index contributed by atoms with van der Waals surface area (Å²) in [4.78, 5) is 9.17. The van der Waals surface area contributed by atoms with Gasteiger partial charge in [0.05, 0.1) is 52.6 Å². The Hall–Kier alpha value is -3.63. The molecule has 0 aliphatic heterocycles. The second-order valence-corrected chi connectivity index (χ2v) is 8.74. The first-order valence-electron chi connectivity index (χ1n) is 11.3. The maximum Gasteiger partial charge on any atom is 0.272 e. The summed E-state index contributed by atoms with van der Waals surface area (Å²) < 4.78 is 32.9. The molecule has 1 aliphatic carbocycles. The summed E-state index contributed by atoms with van der Waals surface area (Å²) in [5.41, 5.74) is 9.80. The number of halogens is 2. The Labute approximate surface area is 200 Å². The van der Waals surface area contributed by atoms with Gasteiger partial charge in [-0.05, 0) is 61.6 Å². The lowest BCUT2D eigenvalue weighted by atomic mass is 9.79. The second-order valence-electron chi connectivity index (χ2n) is 8.74. The molecule has 0 radical (unpaired) electrons. The van der Waals surface area contributed by atoms with Gasteiger partial charge >= 0.3 is 0 Å². The van der Waals surface area contributed by atoms with Crippen molar-refractivity contribution in [3.05, 3.63) is 60.0 Å². The topological polar surface area (TPSA) is 119 Å². The summed E-state index contributed by atoms with van der Waals surface area (Å²) in [5, 5.41) is 24.0. The van der Waals surface area contributed by atoms with E-state index < -0.39 is 13.0 Å². The van der Waals surface area contributed by atoms with Crippen LogP contribution in [-0.2, 0) is 13.0 Å². The number of nitrogens with zero attached hydrogens (tertiary/aromatic N) is 4. The molecule has 0 amide bonds. The highest BCUT2D eigenvalue weighted by molar-refractivity contribution is 5.90. The zero-order chi connectivity index (χ0) is 24.5. The van der Waals surface area contributed by atoms with Crippen molar-refractivity contribution in [1.29, 1.82) is 0 Å². The highest BCUT2D eigenvalue weighted by Crippen LogP contribution is 2.35. The Morgan fingerprint density at radius 1 is 1.14 bits per heavy atom. The zero-order valence-corrected chi connectivity index (χ0v) is 18.8. The Balaban J connectivity index is 1.59. The zero-order valence-electron chi connectivity index (χ0n) is 18.8. The molecule has 0 unspecified atom stereocenters. The van der Waals surface area contributed by atoms with Gasteiger partial charge in [0.15, 0.2) is 5.82 Å². The number of anilines is 1. The van der Waals surface area contributed by atoms with Crippen molar-refractivity contribution < 1.29 is 23.7 Å². The maximum atomic E-state index is 13.0. The van der Waals surface area contributed by atoms with Crippen molar-refractivity contribution in [2.24, 2.45) is 5.92 Å². The summed E-state index contributed by atoms with van der Waals surface area (Å²) in [6.45, 7) is -0.983. The van der Waals surface area contributed by atoms with Crippen LogP contribution in [0.15, 0.2) is 48.7 Å². The molecule has 1 aromatic carbocycles. The summed E-state index contributed by atoms with van der Waals surface area (Å²) in [6, 6.07) is 12.3. The summed E-state index contributed by atoms with van der Waals surface area (Å²) in [5.74, 6) is 1.05. The molecular formula is C25H25F2N5O3. The number of alkyl halides is 2. The highest BCUT2D eigenvalue weighted by Gasteiger charge is 2.28. The van der Waals surface area contributed by atoms with Crippen LogP contribution >= 0.6 is 0 Å². The third-order valence-electron chi connectivity index (χ3n) is 6.18. The Kier molecular flexibility index (Phi) is 6.31. The molecule has 1 aliphatic rings. The lowest BCUT2D eigenvalue weighted by Gasteiger charge is -2.31. The van der Waals surface area contributed by atoms with Crippen LogP contribution in [0.2, 0.25) is 0 Å². The molecule has 182 valence electrons. The van der Waals surface area contributed by atoms with Crippen LogP contribution in [0.1, 0.15) is 24.2 Å². The minimum atomic E-state index is -2.63. The fraction of sp³-hybridized carbons (Fsp3) is 0.320. The number of nitrogen functional groups attached to an aromatic ring is 1. The predicted molar refractivity (Wildman–Crippen MR) is 126 cm³/mol. The number of benzene rings is 1. The quantitative estimate of drug-likeness (QED) is 0.352. The van der Waals surface area contributed by atoms with Crippen LogP contribution in [0, 0.1) is 5.92 Å². The van der Waals surface area contributed by atoms with Crippen molar-refractivity contribution in [2.75, 3.05) is 12.3 Å². The van der Waals surface area contributed by atoms with Crippen LogP contribution < -0.4 is 10.5 Å². The van der Waals surface area contributed by atoms with E-state index in [4.69, 9.17) is 15.5 Å². The van der Waals surface area contributed by atoms with Crippen LogP contribution in [0.25, 0.3) is 28.0 Å². The smallest absolute Gasteiger partial charge is 0.272 e. The van der Waals surface area contributed by atoms with Crippen LogP contribution in [0.4, 0.5) is 14.5 Å². The van der Waals surface area contributed by atoms with E-state index in [9.17, 15) is 19.0 Å². The predicted octanol–water partition coefficient (Wildman–Crippen LogP) is 3.51. The van der Waals surface area contributed by atoms with Crippen LogP contribution in [0.3, 0.4) is 0 Å². The third-order valence-corrected chi connectivity index (χ3v) is 6.18. The molecule has 3 heterocycles. The Bertz CT molecular complexity index is 1350. The molecule has 0 saturated heterocycles. The minimum Gasteiger partial charge on any atom is -0.487 e. The van der Waals surface area contributed by atoms with Crippen molar-refractivity contribution in [2.45, 2.75) is 38.4 Å². The molecule has 0 atom stereocenters. The average molecular weight is 482 g/mol. The number of rotatable bonds is 8. The number of hydrogen-bond donors (Lipinski definition) is 3. The number of fused-ring (bicyclic) bond motifs is 1. The van der Waals surface area contributed by atoms with Gasteiger partial charge in [0.1, 0.15) is 12.4 Å². The van der Waals surface area contributed by atoms with Crippen molar-refractivity contribution in [3.63, 3.8) is 0 Å². The van der Waals surface area contributed by atoms with Gasteiger partial charge in [-0.3, -0.25) is 4.98 Å². The lowest BCUT2D eigenvalue weighted by Crippen LogP contribution is -2.30. The molecule has 0 spiro atoms. The largest absolute Gasteiger partial charge is 0.487 e. The Morgan fingerprint density at radius 2 is 1.97 bits per heavy atom. The molecule has 4 N–H and O–H groups in total. The normalized spacial score (nSPS) is 17.6. The summed E-state index contributed by atoms with van der Waals surface area (Å²) in [7, 11) is 0. The first kappa shape index (κ1) is 23.1. The molecule has 1 saturated carbocycles. The SMILES string of the molecule is Nc1ccc(-c2cc(OCC(F)F)c3cnn(-c4cccc(CO)n4)c3c2)nc1CC1CC(O)C1. The van der Waals surface area contributed by atoms with Gasteiger partial charge in [-0.1, -0.05) is 6.07 Å².